The normalized spacial score (nSPS) is 15.9. The lowest BCUT2D eigenvalue weighted by atomic mass is 10.2. The first-order chi connectivity index (χ1) is 14.8. The molecule has 0 N–H and O–H groups in total. The zero-order valence-corrected chi connectivity index (χ0v) is 18.4. The van der Waals surface area contributed by atoms with E-state index in [0.29, 0.717) is 31.0 Å². The van der Waals surface area contributed by atoms with Crippen LogP contribution >= 0.6 is 0 Å². The molecule has 0 aliphatic carbocycles. The molecule has 31 heavy (non-hydrogen) atoms. The third-order valence-electron chi connectivity index (χ3n) is 4.96. The molecule has 0 aromatic heterocycles. The molecule has 2 aromatic rings. The fraction of sp³-hybridized carbons (Fsp3) is 0.364. The van der Waals surface area contributed by atoms with Crippen molar-refractivity contribution in [2.75, 3.05) is 32.8 Å². The second kappa shape index (κ2) is 9.93. The van der Waals surface area contributed by atoms with Crippen molar-refractivity contribution < 1.29 is 27.5 Å². The topological polar surface area (TPSA) is 93.2 Å². The third-order valence-corrected chi connectivity index (χ3v) is 6.87. The van der Waals surface area contributed by atoms with Gasteiger partial charge in [0.2, 0.25) is 10.0 Å². The van der Waals surface area contributed by atoms with Crippen LogP contribution in [0.2, 0.25) is 0 Å². The van der Waals surface area contributed by atoms with Gasteiger partial charge in [-0.3, -0.25) is 4.79 Å². The molecule has 1 fully saturated rings. The summed E-state index contributed by atoms with van der Waals surface area (Å²) in [6.07, 6.45) is -0.745. The predicted octanol–water partition coefficient (Wildman–Crippen LogP) is 2.16. The van der Waals surface area contributed by atoms with Crippen LogP contribution in [0.25, 0.3) is 0 Å². The standard InChI is InChI=1S/C22H26N2O6S/c1-3-29-22(26)18-9-11-19(12-10-18)30-17(2)21(25)23-13-15-24(16-14-23)31(27,28)20-7-5-4-6-8-20/h4-12,17H,3,13-16H2,1-2H3. The molecule has 166 valence electrons. The van der Waals surface area contributed by atoms with Gasteiger partial charge >= 0.3 is 5.97 Å². The highest BCUT2D eigenvalue weighted by Crippen LogP contribution is 2.19. The highest BCUT2D eigenvalue weighted by atomic mass is 32.2. The average Bonchev–Trinajstić information content (AvgIpc) is 2.80. The first-order valence-corrected chi connectivity index (χ1v) is 11.5. The summed E-state index contributed by atoms with van der Waals surface area (Å²) in [6.45, 7) is 4.71. The van der Waals surface area contributed by atoms with Crippen LogP contribution in [0.3, 0.4) is 0 Å². The molecular formula is C22H26N2O6S. The fourth-order valence-corrected chi connectivity index (χ4v) is 4.73. The Morgan fingerprint density at radius 2 is 1.58 bits per heavy atom. The molecule has 1 heterocycles. The summed E-state index contributed by atoms with van der Waals surface area (Å²) < 4.78 is 37.5. The lowest BCUT2D eigenvalue weighted by molar-refractivity contribution is -0.139. The summed E-state index contributed by atoms with van der Waals surface area (Å²) >= 11 is 0. The van der Waals surface area contributed by atoms with Gasteiger partial charge in [-0.15, -0.1) is 0 Å². The maximum atomic E-state index is 12.7. The number of hydrogen-bond donors (Lipinski definition) is 0. The SMILES string of the molecule is CCOC(=O)c1ccc(OC(C)C(=O)N2CCN(S(=O)(=O)c3ccccc3)CC2)cc1. The van der Waals surface area contributed by atoms with Crippen LogP contribution in [0, 0.1) is 0 Å². The van der Waals surface area contributed by atoms with E-state index in [-0.39, 0.29) is 23.9 Å². The van der Waals surface area contributed by atoms with Gasteiger partial charge < -0.3 is 14.4 Å². The van der Waals surface area contributed by atoms with Gasteiger partial charge in [0.25, 0.3) is 5.91 Å². The second-order valence-electron chi connectivity index (χ2n) is 7.05. The summed E-state index contributed by atoms with van der Waals surface area (Å²) in [4.78, 5) is 26.3. The highest BCUT2D eigenvalue weighted by Gasteiger charge is 2.31. The van der Waals surface area contributed by atoms with E-state index in [9.17, 15) is 18.0 Å². The number of nitrogens with zero attached hydrogens (tertiary/aromatic N) is 2. The number of sulfonamides is 1. The number of ether oxygens (including phenoxy) is 2. The molecule has 0 bridgehead atoms. The van der Waals surface area contributed by atoms with Crippen molar-refractivity contribution in [3.05, 3.63) is 60.2 Å². The molecule has 3 rings (SSSR count). The maximum Gasteiger partial charge on any atom is 0.338 e. The van der Waals surface area contributed by atoms with Gasteiger partial charge in [0.1, 0.15) is 5.75 Å². The van der Waals surface area contributed by atoms with Gasteiger partial charge in [0.05, 0.1) is 17.1 Å². The summed E-state index contributed by atoms with van der Waals surface area (Å²) in [7, 11) is -3.57. The van der Waals surface area contributed by atoms with E-state index in [1.54, 1.807) is 73.3 Å². The number of benzene rings is 2. The molecular weight excluding hydrogens is 420 g/mol. The third kappa shape index (κ3) is 5.42. The van der Waals surface area contributed by atoms with E-state index < -0.39 is 22.1 Å². The second-order valence-corrected chi connectivity index (χ2v) is 8.99. The van der Waals surface area contributed by atoms with Gasteiger partial charge in [0, 0.05) is 26.2 Å². The van der Waals surface area contributed by atoms with Crippen molar-refractivity contribution in [2.24, 2.45) is 0 Å². The van der Waals surface area contributed by atoms with Crippen molar-refractivity contribution in [2.45, 2.75) is 24.8 Å². The Bertz CT molecular complexity index is 1000. The maximum absolute atomic E-state index is 12.7. The Balaban J connectivity index is 1.55. The summed E-state index contributed by atoms with van der Waals surface area (Å²) in [6, 6.07) is 14.7. The van der Waals surface area contributed by atoms with Crippen LogP contribution in [0.1, 0.15) is 24.2 Å². The van der Waals surface area contributed by atoms with Crippen LogP contribution in [0.4, 0.5) is 0 Å². The van der Waals surface area contributed by atoms with E-state index in [4.69, 9.17) is 9.47 Å². The minimum absolute atomic E-state index is 0.216. The van der Waals surface area contributed by atoms with Gasteiger partial charge in [-0.25, -0.2) is 13.2 Å². The Morgan fingerprint density at radius 1 is 0.968 bits per heavy atom. The quantitative estimate of drug-likeness (QED) is 0.605. The molecule has 8 nitrogen and oxygen atoms in total. The molecule has 1 aliphatic rings. The molecule has 0 radical (unpaired) electrons. The first-order valence-electron chi connectivity index (χ1n) is 10.1. The molecule has 1 aliphatic heterocycles. The molecule has 1 amide bonds. The Labute approximate surface area is 182 Å². The molecule has 2 aromatic carbocycles. The number of esters is 1. The van der Waals surface area contributed by atoms with Crippen LogP contribution in [-0.2, 0) is 19.6 Å². The van der Waals surface area contributed by atoms with Crippen LogP contribution in [-0.4, -0.2) is 68.4 Å². The number of piperazine rings is 1. The van der Waals surface area contributed by atoms with Gasteiger partial charge in [-0.1, -0.05) is 18.2 Å². The van der Waals surface area contributed by atoms with E-state index >= 15 is 0 Å². The Kier molecular flexibility index (Phi) is 7.29. The molecule has 0 spiro atoms. The van der Waals surface area contributed by atoms with Crippen molar-refractivity contribution >= 4 is 21.9 Å². The molecule has 1 atom stereocenters. The van der Waals surface area contributed by atoms with E-state index in [0.717, 1.165) is 0 Å². The van der Waals surface area contributed by atoms with E-state index in [1.165, 1.54) is 4.31 Å². The summed E-state index contributed by atoms with van der Waals surface area (Å²) in [5.74, 6) is -0.174. The van der Waals surface area contributed by atoms with Crippen LogP contribution in [0.15, 0.2) is 59.5 Å². The highest BCUT2D eigenvalue weighted by molar-refractivity contribution is 7.89. The molecule has 0 saturated carbocycles. The van der Waals surface area contributed by atoms with Gasteiger partial charge in [-0.05, 0) is 50.2 Å². The smallest absolute Gasteiger partial charge is 0.338 e. The summed E-state index contributed by atoms with van der Waals surface area (Å²) in [5.41, 5.74) is 0.406. The molecule has 1 saturated heterocycles. The minimum Gasteiger partial charge on any atom is -0.481 e. The number of hydrogen-bond acceptors (Lipinski definition) is 6. The van der Waals surface area contributed by atoms with E-state index in [1.807, 2.05) is 0 Å². The minimum atomic E-state index is -3.57. The van der Waals surface area contributed by atoms with Crippen molar-refractivity contribution in [3.63, 3.8) is 0 Å². The largest absolute Gasteiger partial charge is 0.481 e. The Morgan fingerprint density at radius 3 is 2.16 bits per heavy atom. The number of carbonyl (C=O) groups is 2. The zero-order chi connectivity index (χ0) is 22.4. The lowest BCUT2D eigenvalue weighted by Crippen LogP contribution is -2.53. The summed E-state index contributed by atoms with van der Waals surface area (Å²) in [5, 5.41) is 0. The average molecular weight is 447 g/mol. The fourth-order valence-electron chi connectivity index (χ4n) is 3.29. The zero-order valence-electron chi connectivity index (χ0n) is 17.6. The van der Waals surface area contributed by atoms with Gasteiger partial charge in [0.15, 0.2) is 6.10 Å². The molecule has 1 unspecified atom stereocenters. The van der Waals surface area contributed by atoms with E-state index in [2.05, 4.69) is 0 Å². The van der Waals surface area contributed by atoms with Gasteiger partial charge in [-0.2, -0.15) is 4.31 Å². The number of rotatable bonds is 7. The lowest BCUT2D eigenvalue weighted by Gasteiger charge is -2.35. The molecule has 9 heteroatoms. The van der Waals surface area contributed by atoms with Crippen LogP contribution < -0.4 is 4.74 Å². The monoisotopic (exact) mass is 446 g/mol. The first kappa shape index (κ1) is 22.8. The van der Waals surface area contributed by atoms with Crippen molar-refractivity contribution in [3.8, 4) is 5.75 Å². The Hall–Kier alpha value is -2.91. The predicted molar refractivity (Wildman–Crippen MR) is 114 cm³/mol. The number of amides is 1. The van der Waals surface area contributed by atoms with Crippen molar-refractivity contribution in [1.29, 1.82) is 0 Å². The van der Waals surface area contributed by atoms with Crippen molar-refractivity contribution in [1.82, 2.24) is 9.21 Å². The van der Waals surface area contributed by atoms with Crippen LogP contribution in [0.5, 0.6) is 5.75 Å². The number of carbonyl (C=O) groups excluding carboxylic acids is 2.